The van der Waals surface area contributed by atoms with Gasteiger partial charge in [0.15, 0.2) is 0 Å². The second-order valence-corrected chi connectivity index (χ2v) is 7.82. The van der Waals surface area contributed by atoms with Crippen molar-refractivity contribution in [2.45, 2.75) is 12.8 Å². The predicted octanol–water partition coefficient (Wildman–Crippen LogP) is 3.11. The fourth-order valence-electron chi connectivity index (χ4n) is 3.47. The van der Waals surface area contributed by atoms with Crippen LogP contribution in [0.25, 0.3) is 11.0 Å². The van der Waals surface area contributed by atoms with E-state index in [0.717, 1.165) is 4.47 Å². The maximum absolute atomic E-state index is 12.6. The Hall–Kier alpha value is -2.87. The fourth-order valence-corrected chi connectivity index (χ4v) is 3.74. The Labute approximate surface area is 169 Å². The smallest absolute Gasteiger partial charge is 0.323 e. The average Bonchev–Trinajstić information content (AvgIpc) is 3.07. The second kappa shape index (κ2) is 7.63. The number of aromatic nitrogens is 2. The van der Waals surface area contributed by atoms with Crippen LogP contribution in [0.1, 0.15) is 23.2 Å². The summed E-state index contributed by atoms with van der Waals surface area (Å²) in [6.07, 6.45) is 1.24. The van der Waals surface area contributed by atoms with Crippen molar-refractivity contribution in [1.82, 2.24) is 14.9 Å². The van der Waals surface area contributed by atoms with Gasteiger partial charge in [-0.1, -0.05) is 15.9 Å². The van der Waals surface area contributed by atoms with E-state index in [-0.39, 0.29) is 23.4 Å². The number of H-pyrrole nitrogens is 2. The molecular weight excluding hydrogens is 424 g/mol. The van der Waals surface area contributed by atoms with Gasteiger partial charge in [0.05, 0.1) is 11.0 Å². The minimum Gasteiger partial charge on any atom is -0.339 e. The summed E-state index contributed by atoms with van der Waals surface area (Å²) in [6.45, 7) is 1.11. The van der Waals surface area contributed by atoms with Crippen LogP contribution in [-0.4, -0.2) is 39.8 Å². The molecule has 3 N–H and O–H groups in total. The number of rotatable bonds is 3. The van der Waals surface area contributed by atoms with Crippen LogP contribution in [0, 0.1) is 5.92 Å². The van der Waals surface area contributed by atoms with E-state index >= 15 is 0 Å². The van der Waals surface area contributed by atoms with Gasteiger partial charge < -0.3 is 20.2 Å². The Kier molecular flexibility index (Phi) is 5.04. The lowest BCUT2D eigenvalue weighted by atomic mass is 9.95. The molecule has 0 unspecified atom stereocenters. The molecule has 2 heterocycles. The zero-order chi connectivity index (χ0) is 19.7. The van der Waals surface area contributed by atoms with Gasteiger partial charge in [-0.05, 0) is 55.3 Å². The standard InChI is InChI=1S/C20H19BrN4O3/c21-14-3-1-13(2-4-14)19(27)25-9-7-12(8-10-25)18(26)22-15-5-6-16-17(11-15)24-20(28)23-16/h1-6,11-12H,7-10H2,(H,22,26)(H2,23,24,28). The highest BCUT2D eigenvalue weighted by Crippen LogP contribution is 2.22. The molecule has 28 heavy (non-hydrogen) atoms. The summed E-state index contributed by atoms with van der Waals surface area (Å²) < 4.78 is 0.932. The fraction of sp³-hybridized carbons (Fsp3) is 0.250. The number of anilines is 1. The third-order valence-electron chi connectivity index (χ3n) is 5.03. The number of amides is 2. The van der Waals surface area contributed by atoms with Gasteiger partial charge in [-0.3, -0.25) is 9.59 Å². The summed E-state index contributed by atoms with van der Waals surface area (Å²) in [6, 6.07) is 12.5. The van der Waals surface area contributed by atoms with E-state index in [2.05, 4.69) is 31.2 Å². The summed E-state index contributed by atoms with van der Waals surface area (Å²) in [5.74, 6) is -0.212. The number of nitrogens with zero attached hydrogens (tertiary/aromatic N) is 1. The lowest BCUT2D eigenvalue weighted by Crippen LogP contribution is -2.41. The van der Waals surface area contributed by atoms with E-state index in [0.29, 0.717) is 48.2 Å². The number of likely N-dealkylation sites (tertiary alicyclic amines) is 1. The third-order valence-corrected chi connectivity index (χ3v) is 5.56. The third kappa shape index (κ3) is 3.87. The molecule has 0 aliphatic carbocycles. The number of aromatic amines is 2. The molecule has 0 atom stereocenters. The molecule has 0 bridgehead atoms. The van der Waals surface area contributed by atoms with Crippen molar-refractivity contribution in [3.05, 3.63) is 63.0 Å². The maximum Gasteiger partial charge on any atom is 0.323 e. The van der Waals surface area contributed by atoms with Crippen LogP contribution in [0.5, 0.6) is 0 Å². The maximum atomic E-state index is 12.6. The van der Waals surface area contributed by atoms with Crippen LogP contribution in [0.2, 0.25) is 0 Å². The number of benzene rings is 2. The van der Waals surface area contributed by atoms with E-state index in [1.54, 1.807) is 35.2 Å². The van der Waals surface area contributed by atoms with Crippen LogP contribution < -0.4 is 11.0 Å². The Morgan fingerprint density at radius 3 is 2.39 bits per heavy atom. The molecule has 0 spiro atoms. The number of halogens is 1. The highest BCUT2D eigenvalue weighted by molar-refractivity contribution is 9.10. The molecule has 2 amide bonds. The molecular formula is C20H19BrN4O3. The van der Waals surface area contributed by atoms with E-state index < -0.39 is 0 Å². The second-order valence-electron chi connectivity index (χ2n) is 6.90. The number of hydrogen-bond acceptors (Lipinski definition) is 3. The van der Waals surface area contributed by atoms with Crippen LogP contribution in [0.3, 0.4) is 0 Å². The monoisotopic (exact) mass is 442 g/mol. The van der Waals surface area contributed by atoms with Crippen molar-refractivity contribution in [1.29, 1.82) is 0 Å². The number of imidazole rings is 1. The van der Waals surface area contributed by atoms with Crippen molar-refractivity contribution in [3.63, 3.8) is 0 Å². The molecule has 144 valence electrons. The first-order valence-electron chi connectivity index (χ1n) is 9.07. The Bertz CT molecular complexity index is 1080. The van der Waals surface area contributed by atoms with Crippen molar-refractivity contribution in [2.24, 2.45) is 5.92 Å². The molecule has 3 aromatic rings. The van der Waals surface area contributed by atoms with Crippen molar-refractivity contribution in [2.75, 3.05) is 18.4 Å². The van der Waals surface area contributed by atoms with E-state index in [9.17, 15) is 14.4 Å². The number of carbonyl (C=O) groups excluding carboxylic acids is 2. The number of hydrogen-bond donors (Lipinski definition) is 3. The van der Waals surface area contributed by atoms with Crippen molar-refractivity contribution < 1.29 is 9.59 Å². The molecule has 1 aliphatic heterocycles. The Morgan fingerprint density at radius 1 is 1.00 bits per heavy atom. The first kappa shape index (κ1) is 18.5. The predicted molar refractivity (Wildman–Crippen MR) is 110 cm³/mol. The molecule has 0 saturated carbocycles. The van der Waals surface area contributed by atoms with Crippen LogP contribution >= 0.6 is 15.9 Å². The first-order chi connectivity index (χ1) is 13.5. The largest absolute Gasteiger partial charge is 0.339 e. The molecule has 2 aromatic carbocycles. The quantitative estimate of drug-likeness (QED) is 0.580. The van der Waals surface area contributed by atoms with Gasteiger partial charge in [0, 0.05) is 34.7 Å². The SMILES string of the molecule is O=C(Nc1ccc2[nH]c(=O)[nH]c2c1)C1CCN(C(=O)c2ccc(Br)cc2)CC1. The van der Waals surface area contributed by atoms with E-state index in [4.69, 9.17) is 0 Å². The average molecular weight is 443 g/mol. The molecule has 1 aliphatic rings. The Morgan fingerprint density at radius 2 is 1.68 bits per heavy atom. The minimum absolute atomic E-state index is 0.00628. The van der Waals surface area contributed by atoms with Crippen molar-refractivity contribution >= 4 is 44.5 Å². The van der Waals surface area contributed by atoms with Gasteiger partial charge >= 0.3 is 5.69 Å². The van der Waals surface area contributed by atoms with Crippen LogP contribution in [0.4, 0.5) is 5.69 Å². The number of piperidine rings is 1. The normalized spacial score (nSPS) is 15.0. The van der Waals surface area contributed by atoms with Gasteiger partial charge in [0.25, 0.3) is 5.91 Å². The highest BCUT2D eigenvalue weighted by atomic mass is 79.9. The summed E-state index contributed by atoms with van der Waals surface area (Å²) >= 11 is 3.37. The summed E-state index contributed by atoms with van der Waals surface area (Å²) in [5, 5.41) is 2.91. The number of carbonyl (C=O) groups is 2. The zero-order valence-electron chi connectivity index (χ0n) is 15.0. The van der Waals surface area contributed by atoms with Gasteiger partial charge in [-0.25, -0.2) is 4.79 Å². The van der Waals surface area contributed by atoms with E-state index in [1.165, 1.54) is 0 Å². The first-order valence-corrected chi connectivity index (χ1v) is 9.86. The molecule has 7 nitrogen and oxygen atoms in total. The zero-order valence-corrected chi connectivity index (χ0v) is 16.6. The lowest BCUT2D eigenvalue weighted by molar-refractivity contribution is -0.121. The van der Waals surface area contributed by atoms with Gasteiger partial charge in [0.1, 0.15) is 0 Å². The topological polar surface area (TPSA) is 98.1 Å². The summed E-state index contributed by atoms with van der Waals surface area (Å²) in [4.78, 5) is 43.7. The Balaban J connectivity index is 1.36. The lowest BCUT2D eigenvalue weighted by Gasteiger charge is -2.31. The van der Waals surface area contributed by atoms with Crippen LogP contribution in [0.15, 0.2) is 51.7 Å². The molecule has 1 saturated heterocycles. The van der Waals surface area contributed by atoms with Gasteiger partial charge in [0.2, 0.25) is 5.91 Å². The summed E-state index contributed by atoms with van der Waals surface area (Å²) in [7, 11) is 0. The number of fused-ring (bicyclic) bond motifs is 1. The van der Waals surface area contributed by atoms with Crippen LogP contribution in [-0.2, 0) is 4.79 Å². The van der Waals surface area contributed by atoms with Gasteiger partial charge in [-0.15, -0.1) is 0 Å². The highest BCUT2D eigenvalue weighted by Gasteiger charge is 2.28. The molecule has 0 radical (unpaired) electrons. The molecule has 8 heteroatoms. The molecule has 4 rings (SSSR count). The van der Waals surface area contributed by atoms with E-state index in [1.807, 2.05) is 12.1 Å². The number of nitrogens with one attached hydrogen (secondary N) is 3. The molecule has 1 fully saturated rings. The summed E-state index contributed by atoms with van der Waals surface area (Å²) in [5.41, 5.74) is 2.36. The van der Waals surface area contributed by atoms with Gasteiger partial charge in [-0.2, -0.15) is 0 Å². The molecule has 1 aromatic heterocycles. The van der Waals surface area contributed by atoms with Crippen molar-refractivity contribution in [3.8, 4) is 0 Å². The minimum atomic E-state index is -0.277.